The van der Waals surface area contributed by atoms with Gasteiger partial charge in [0.2, 0.25) is 0 Å². The maximum Gasteiger partial charge on any atom is 0.332 e. The minimum Gasteiger partial charge on any atom is -0.338 e. The molecule has 168 valence electrons. The number of rotatable bonds is 4. The normalized spacial score (nSPS) is 17.2. The fourth-order valence-electron chi connectivity index (χ4n) is 4.64. The number of hydrogen-bond acceptors (Lipinski definition) is 4. The van der Waals surface area contributed by atoms with Crippen LogP contribution >= 0.6 is 0 Å². The van der Waals surface area contributed by atoms with Gasteiger partial charge in [-0.1, -0.05) is 36.4 Å². The van der Waals surface area contributed by atoms with Crippen molar-refractivity contribution in [2.75, 3.05) is 24.5 Å². The minimum absolute atomic E-state index is 0.0529. The summed E-state index contributed by atoms with van der Waals surface area (Å²) in [5, 5.41) is 4.41. The van der Waals surface area contributed by atoms with Crippen molar-refractivity contribution >= 4 is 23.5 Å². The molecule has 8 heteroatoms. The minimum atomic E-state index is -0.282. The van der Waals surface area contributed by atoms with E-state index in [0.717, 1.165) is 11.4 Å². The summed E-state index contributed by atoms with van der Waals surface area (Å²) in [6.07, 6.45) is 2.90. The Morgan fingerprint density at radius 1 is 0.909 bits per heavy atom. The summed E-state index contributed by atoms with van der Waals surface area (Å²) in [6.45, 7) is 3.04. The Morgan fingerprint density at radius 2 is 1.52 bits per heavy atom. The molecule has 2 aliphatic rings. The fraction of sp³-hybridized carbons (Fsp3) is 0.280. The zero-order valence-corrected chi connectivity index (χ0v) is 18.4. The number of carbonyl (C=O) groups is 3. The zero-order valence-electron chi connectivity index (χ0n) is 18.4. The predicted molar refractivity (Wildman–Crippen MR) is 123 cm³/mol. The quantitative estimate of drug-likeness (QED) is 0.580. The van der Waals surface area contributed by atoms with E-state index < -0.39 is 0 Å². The molecule has 2 fully saturated rings. The van der Waals surface area contributed by atoms with E-state index in [1.54, 1.807) is 27.9 Å². The molecule has 0 aliphatic carbocycles. The molecule has 0 saturated carbocycles. The van der Waals surface area contributed by atoms with Gasteiger partial charge in [-0.25, -0.2) is 14.4 Å². The second kappa shape index (κ2) is 8.54. The second-order valence-corrected chi connectivity index (χ2v) is 8.39. The van der Waals surface area contributed by atoms with Crippen LogP contribution in [0.4, 0.5) is 10.5 Å². The van der Waals surface area contributed by atoms with Crippen LogP contribution in [0, 0.1) is 6.92 Å². The van der Waals surface area contributed by atoms with Gasteiger partial charge < -0.3 is 9.80 Å². The summed E-state index contributed by atoms with van der Waals surface area (Å²) in [6, 6.07) is 18.4. The van der Waals surface area contributed by atoms with Crippen molar-refractivity contribution < 1.29 is 14.4 Å². The Labute approximate surface area is 192 Å². The molecule has 0 radical (unpaired) electrons. The average Bonchev–Trinajstić information content (AvgIpc) is 3.38. The van der Waals surface area contributed by atoms with E-state index in [2.05, 4.69) is 5.10 Å². The Balaban J connectivity index is 1.25. The Morgan fingerprint density at radius 3 is 2.15 bits per heavy atom. The first kappa shape index (κ1) is 20.9. The van der Waals surface area contributed by atoms with E-state index in [0.29, 0.717) is 37.2 Å². The molecule has 0 N–H and O–H groups in total. The molecule has 0 bridgehead atoms. The summed E-state index contributed by atoms with van der Waals surface area (Å²) in [7, 11) is 0. The highest BCUT2D eigenvalue weighted by molar-refractivity contribution is 6.19. The van der Waals surface area contributed by atoms with Crippen LogP contribution in [-0.4, -0.2) is 63.1 Å². The second-order valence-electron chi connectivity index (χ2n) is 8.39. The largest absolute Gasteiger partial charge is 0.338 e. The standard InChI is InChI=1S/C25H25N5O3/c1-18-22(16-26-30(18)21-10-6-3-7-11-21)24(32)27-14-12-19(13-15-27)28-17-23(31)29(25(28)33)20-8-4-2-5-9-20/h2-11,16,19H,12-15,17H2,1H3. The molecule has 2 aromatic carbocycles. The van der Waals surface area contributed by atoms with Crippen molar-refractivity contribution in [3.8, 4) is 5.69 Å². The van der Waals surface area contributed by atoms with Crippen LogP contribution in [0.25, 0.3) is 5.69 Å². The van der Waals surface area contributed by atoms with Crippen LogP contribution in [0.5, 0.6) is 0 Å². The van der Waals surface area contributed by atoms with Crippen molar-refractivity contribution in [1.29, 1.82) is 0 Å². The van der Waals surface area contributed by atoms with E-state index in [4.69, 9.17) is 0 Å². The van der Waals surface area contributed by atoms with Gasteiger partial charge in [0.15, 0.2) is 0 Å². The maximum atomic E-state index is 13.2. The maximum absolute atomic E-state index is 13.2. The van der Waals surface area contributed by atoms with E-state index >= 15 is 0 Å². The summed E-state index contributed by atoms with van der Waals surface area (Å²) in [5.41, 5.74) is 2.88. The molecule has 4 amide bonds. The molecule has 33 heavy (non-hydrogen) atoms. The van der Waals surface area contributed by atoms with Crippen molar-refractivity contribution in [3.63, 3.8) is 0 Å². The Hall–Kier alpha value is -3.94. The van der Waals surface area contributed by atoms with Crippen molar-refractivity contribution in [2.24, 2.45) is 0 Å². The Kier molecular flexibility index (Phi) is 5.42. The lowest BCUT2D eigenvalue weighted by Crippen LogP contribution is -2.48. The predicted octanol–water partition coefficient (Wildman–Crippen LogP) is 3.25. The van der Waals surface area contributed by atoms with Gasteiger partial charge in [0.25, 0.3) is 11.8 Å². The molecular formula is C25H25N5O3. The van der Waals surface area contributed by atoms with Gasteiger partial charge in [-0.05, 0) is 44.0 Å². The molecule has 5 rings (SSSR count). The molecule has 8 nitrogen and oxygen atoms in total. The number of imide groups is 1. The van der Waals surface area contributed by atoms with Crippen LogP contribution < -0.4 is 4.90 Å². The highest BCUT2D eigenvalue weighted by Crippen LogP contribution is 2.27. The molecule has 3 heterocycles. The highest BCUT2D eigenvalue weighted by Gasteiger charge is 2.42. The molecular weight excluding hydrogens is 418 g/mol. The lowest BCUT2D eigenvalue weighted by atomic mass is 10.0. The molecule has 3 aromatic rings. The number of likely N-dealkylation sites (tertiary alicyclic amines) is 1. The molecule has 1 aromatic heterocycles. The van der Waals surface area contributed by atoms with Crippen LogP contribution in [0.3, 0.4) is 0 Å². The number of para-hydroxylation sites is 2. The summed E-state index contributed by atoms with van der Waals surface area (Å²) >= 11 is 0. The number of anilines is 1. The third-order valence-electron chi connectivity index (χ3n) is 6.44. The van der Waals surface area contributed by atoms with Gasteiger partial charge in [-0.15, -0.1) is 0 Å². The number of urea groups is 1. The van der Waals surface area contributed by atoms with E-state index in [9.17, 15) is 14.4 Å². The number of piperidine rings is 1. The van der Waals surface area contributed by atoms with Gasteiger partial charge in [0.1, 0.15) is 6.54 Å². The smallest absolute Gasteiger partial charge is 0.332 e. The lowest BCUT2D eigenvalue weighted by Gasteiger charge is -2.36. The van der Waals surface area contributed by atoms with Gasteiger partial charge in [0, 0.05) is 19.1 Å². The number of carbonyl (C=O) groups excluding carboxylic acids is 3. The molecule has 0 atom stereocenters. The monoisotopic (exact) mass is 443 g/mol. The average molecular weight is 444 g/mol. The van der Waals surface area contributed by atoms with Crippen molar-refractivity contribution in [1.82, 2.24) is 19.6 Å². The van der Waals surface area contributed by atoms with Gasteiger partial charge in [-0.3, -0.25) is 9.59 Å². The highest BCUT2D eigenvalue weighted by atomic mass is 16.2. The molecule has 2 saturated heterocycles. The van der Waals surface area contributed by atoms with Crippen LogP contribution in [0.2, 0.25) is 0 Å². The first-order valence-corrected chi connectivity index (χ1v) is 11.1. The van der Waals surface area contributed by atoms with Gasteiger partial charge in [0.05, 0.1) is 28.8 Å². The van der Waals surface area contributed by atoms with E-state index in [1.807, 2.05) is 60.4 Å². The number of amides is 4. The first-order chi connectivity index (χ1) is 16.0. The number of hydrogen-bond donors (Lipinski definition) is 0. The summed E-state index contributed by atoms with van der Waals surface area (Å²) in [4.78, 5) is 43.4. The molecule has 2 aliphatic heterocycles. The Bertz CT molecular complexity index is 1180. The van der Waals surface area contributed by atoms with Gasteiger partial charge in [-0.2, -0.15) is 5.10 Å². The third kappa shape index (κ3) is 3.77. The van der Waals surface area contributed by atoms with E-state index in [-0.39, 0.29) is 30.4 Å². The fourth-order valence-corrected chi connectivity index (χ4v) is 4.64. The number of aromatic nitrogens is 2. The summed E-state index contributed by atoms with van der Waals surface area (Å²) in [5.74, 6) is -0.267. The van der Waals surface area contributed by atoms with E-state index in [1.165, 1.54) is 4.90 Å². The van der Waals surface area contributed by atoms with Crippen LogP contribution in [0.15, 0.2) is 66.9 Å². The number of benzene rings is 2. The summed E-state index contributed by atoms with van der Waals surface area (Å²) < 4.78 is 1.77. The first-order valence-electron chi connectivity index (χ1n) is 11.1. The molecule has 0 unspecified atom stereocenters. The molecule has 0 spiro atoms. The SMILES string of the molecule is Cc1c(C(=O)N2CCC(N3CC(=O)N(c4ccccc4)C3=O)CC2)cnn1-c1ccccc1. The number of nitrogens with zero attached hydrogens (tertiary/aromatic N) is 5. The topological polar surface area (TPSA) is 78.8 Å². The zero-order chi connectivity index (χ0) is 22.9. The van der Waals surface area contributed by atoms with Gasteiger partial charge >= 0.3 is 6.03 Å². The lowest BCUT2D eigenvalue weighted by molar-refractivity contribution is -0.116. The van der Waals surface area contributed by atoms with Crippen LogP contribution in [0.1, 0.15) is 28.9 Å². The van der Waals surface area contributed by atoms with Crippen LogP contribution in [-0.2, 0) is 4.79 Å². The van der Waals surface area contributed by atoms with Crippen molar-refractivity contribution in [3.05, 3.63) is 78.1 Å². The third-order valence-corrected chi connectivity index (χ3v) is 6.44. The van der Waals surface area contributed by atoms with Crippen molar-refractivity contribution in [2.45, 2.75) is 25.8 Å².